The predicted molar refractivity (Wildman–Crippen MR) is 98.4 cm³/mol. The van der Waals surface area contributed by atoms with E-state index in [1.165, 1.54) is 0 Å². The second-order valence-electron chi connectivity index (χ2n) is 6.75. The number of likely N-dealkylation sites (N-methyl/N-ethyl adjacent to an activating group) is 1. The molecule has 132 valence electrons. The number of nitrogens with zero attached hydrogens (tertiary/aromatic N) is 1. The molecule has 1 atom stereocenters. The molecular formula is C18H31ClN2O2. The number of rotatable bonds is 8. The van der Waals surface area contributed by atoms with Crippen LogP contribution in [-0.4, -0.2) is 37.6 Å². The molecule has 1 rings (SSSR count). The zero-order valence-electron chi connectivity index (χ0n) is 15.0. The highest BCUT2D eigenvalue weighted by atomic mass is 35.5. The average Bonchev–Trinajstić information content (AvgIpc) is 2.51. The Kier molecular flexibility index (Phi) is 9.25. The Balaban J connectivity index is 0.00000484. The Morgan fingerprint density at radius 3 is 2.52 bits per heavy atom. The standard InChI is InChI=1S/C18H30N2O2.ClH/c1-6-14(2)15-9-7-8-10-16(15)22-11-17(21)20(5)13-18(3,4)12-19;/h7-10,14H,6,11-13,19H2,1-5H3;1H. The van der Waals surface area contributed by atoms with Gasteiger partial charge in [-0.25, -0.2) is 0 Å². The summed E-state index contributed by atoms with van der Waals surface area (Å²) in [5.74, 6) is 1.19. The van der Waals surface area contributed by atoms with Gasteiger partial charge in [0.15, 0.2) is 6.61 Å². The average molecular weight is 343 g/mol. The molecule has 5 heteroatoms. The number of hydrogen-bond donors (Lipinski definition) is 1. The van der Waals surface area contributed by atoms with Crippen molar-refractivity contribution in [1.29, 1.82) is 0 Å². The van der Waals surface area contributed by atoms with E-state index >= 15 is 0 Å². The van der Waals surface area contributed by atoms with E-state index in [0.717, 1.165) is 17.7 Å². The molecule has 0 aromatic heterocycles. The van der Waals surface area contributed by atoms with Gasteiger partial charge in [-0.15, -0.1) is 12.4 Å². The molecule has 1 aromatic carbocycles. The van der Waals surface area contributed by atoms with Gasteiger partial charge in [0.2, 0.25) is 0 Å². The van der Waals surface area contributed by atoms with Crippen LogP contribution in [0.1, 0.15) is 45.6 Å². The van der Waals surface area contributed by atoms with Crippen molar-refractivity contribution in [3.8, 4) is 5.75 Å². The van der Waals surface area contributed by atoms with Crippen LogP contribution in [0.25, 0.3) is 0 Å². The number of halogens is 1. The molecule has 0 spiro atoms. The van der Waals surface area contributed by atoms with Crippen LogP contribution in [0.5, 0.6) is 5.75 Å². The number of carbonyl (C=O) groups is 1. The Bertz CT molecular complexity index is 492. The summed E-state index contributed by atoms with van der Waals surface area (Å²) >= 11 is 0. The van der Waals surface area contributed by atoms with Gasteiger partial charge in [-0.1, -0.05) is 45.9 Å². The van der Waals surface area contributed by atoms with E-state index in [0.29, 0.717) is 19.0 Å². The maximum absolute atomic E-state index is 12.2. The van der Waals surface area contributed by atoms with Crippen molar-refractivity contribution in [2.75, 3.05) is 26.7 Å². The smallest absolute Gasteiger partial charge is 0.260 e. The maximum Gasteiger partial charge on any atom is 0.260 e. The van der Waals surface area contributed by atoms with E-state index in [1.54, 1.807) is 11.9 Å². The van der Waals surface area contributed by atoms with Gasteiger partial charge in [-0.2, -0.15) is 0 Å². The van der Waals surface area contributed by atoms with E-state index in [4.69, 9.17) is 10.5 Å². The van der Waals surface area contributed by atoms with Crippen LogP contribution in [0.15, 0.2) is 24.3 Å². The molecule has 0 fully saturated rings. The molecule has 1 unspecified atom stereocenters. The number of nitrogens with two attached hydrogens (primary N) is 1. The van der Waals surface area contributed by atoms with Gasteiger partial charge < -0.3 is 15.4 Å². The quantitative estimate of drug-likeness (QED) is 0.787. The number of carbonyl (C=O) groups excluding carboxylic acids is 1. The van der Waals surface area contributed by atoms with E-state index in [9.17, 15) is 4.79 Å². The van der Waals surface area contributed by atoms with Gasteiger partial charge in [0.25, 0.3) is 5.91 Å². The largest absolute Gasteiger partial charge is 0.483 e. The van der Waals surface area contributed by atoms with Crippen LogP contribution >= 0.6 is 12.4 Å². The van der Waals surface area contributed by atoms with Crippen LogP contribution in [0.4, 0.5) is 0 Å². The molecule has 0 radical (unpaired) electrons. The Hall–Kier alpha value is -1.26. The van der Waals surface area contributed by atoms with E-state index in [2.05, 4.69) is 33.8 Å². The first-order valence-corrected chi connectivity index (χ1v) is 7.96. The fourth-order valence-corrected chi connectivity index (χ4v) is 2.28. The van der Waals surface area contributed by atoms with Crippen LogP contribution in [0.3, 0.4) is 0 Å². The monoisotopic (exact) mass is 342 g/mol. The lowest BCUT2D eigenvalue weighted by Crippen LogP contribution is -2.41. The van der Waals surface area contributed by atoms with Crippen molar-refractivity contribution in [2.24, 2.45) is 11.1 Å². The molecule has 0 aliphatic rings. The molecule has 0 saturated heterocycles. The molecule has 0 aliphatic carbocycles. The van der Waals surface area contributed by atoms with Crippen LogP contribution in [0.2, 0.25) is 0 Å². The number of hydrogen-bond acceptors (Lipinski definition) is 3. The lowest BCUT2D eigenvalue weighted by Gasteiger charge is -2.29. The molecule has 0 bridgehead atoms. The van der Waals surface area contributed by atoms with Gasteiger partial charge in [0.05, 0.1) is 0 Å². The highest BCUT2D eigenvalue weighted by molar-refractivity contribution is 5.85. The third kappa shape index (κ3) is 6.80. The van der Waals surface area contributed by atoms with Gasteiger partial charge in [-0.05, 0) is 35.9 Å². The Morgan fingerprint density at radius 2 is 1.96 bits per heavy atom. The second-order valence-corrected chi connectivity index (χ2v) is 6.75. The van der Waals surface area contributed by atoms with Crippen molar-refractivity contribution < 1.29 is 9.53 Å². The van der Waals surface area contributed by atoms with Crippen molar-refractivity contribution in [3.63, 3.8) is 0 Å². The maximum atomic E-state index is 12.2. The second kappa shape index (κ2) is 9.78. The van der Waals surface area contributed by atoms with Gasteiger partial charge >= 0.3 is 0 Å². The summed E-state index contributed by atoms with van der Waals surface area (Å²) in [7, 11) is 1.80. The summed E-state index contributed by atoms with van der Waals surface area (Å²) in [6.07, 6.45) is 1.04. The number of ether oxygens (including phenoxy) is 1. The molecule has 4 nitrogen and oxygen atoms in total. The van der Waals surface area contributed by atoms with Gasteiger partial charge in [0, 0.05) is 13.6 Å². The normalized spacial score (nSPS) is 12.3. The first-order chi connectivity index (χ1) is 10.3. The zero-order chi connectivity index (χ0) is 16.8. The summed E-state index contributed by atoms with van der Waals surface area (Å²) in [5, 5.41) is 0. The molecular weight excluding hydrogens is 312 g/mol. The Morgan fingerprint density at radius 1 is 1.35 bits per heavy atom. The first-order valence-electron chi connectivity index (χ1n) is 7.96. The molecule has 2 N–H and O–H groups in total. The highest BCUT2D eigenvalue weighted by Crippen LogP contribution is 2.28. The van der Waals surface area contributed by atoms with Gasteiger partial charge in [-0.3, -0.25) is 4.79 Å². The third-order valence-electron chi connectivity index (χ3n) is 4.06. The predicted octanol–water partition coefficient (Wildman–Crippen LogP) is 3.44. The molecule has 0 aliphatic heterocycles. The minimum atomic E-state index is -0.0843. The van der Waals surface area contributed by atoms with E-state index in [1.807, 2.05) is 18.2 Å². The van der Waals surface area contributed by atoms with Crippen molar-refractivity contribution in [1.82, 2.24) is 4.90 Å². The fraction of sp³-hybridized carbons (Fsp3) is 0.611. The first kappa shape index (κ1) is 21.7. The Labute approximate surface area is 146 Å². The van der Waals surface area contributed by atoms with Crippen molar-refractivity contribution in [3.05, 3.63) is 29.8 Å². The fourth-order valence-electron chi connectivity index (χ4n) is 2.28. The minimum absolute atomic E-state index is 0. The van der Waals surface area contributed by atoms with E-state index in [-0.39, 0.29) is 30.3 Å². The van der Waals surface area contributed by atoms with Crippen molar-refractivity contribution >= 4 is 18.3 Å². The molecule has 0 saturated carbocycles. The number of amides is 1. The third-order valence-corrected chi connectivity index (χ3v) is 4.06. The van der Waals surface area contributed by atoms with Crippen LogP contribution in [0, 0.1) is 5.41 Å². The summed E-state index contributed by atoms with van der Waals surface area (Å²) < 4.78 is 5.77. The number of para-hydroxylation sites is 1. The summed E-state index contributed by atoms with van der Waals surface area (Å²) in [6, 6.07) is 7.94. The van der Waals surface area contributed by atoms with Crippen LogP contribution < -0.4 is 10.5 Å². The van der Waals surface area contributed by atoms with E-state index < -0.39 is 0 Å². The molecule has 23 heavy (non-hydrogen) atoms. The lowest BCUT2D eigenvalue weighted by atomic mass is 9.93. The molecule has 0 heterocycles. The summed E-state index contributed by atoms with van der Waals surface area (Å²) in [6.45, 7) is 9.65. The van der Waals surface area contributed by atoms with Crippen molar-refractivity contribution in [2.45, 2.75) is 40.0 Å². The number of benzene rings is 1. The van der Waals surface area contributed by atoms with Crippen LogP contribution in [-0.2, 0) is 4.79 Å². The summed E-state index contributed by atoms with van der Waals surface area (Å²) in [4.78, 5) is 13.9. The molecule has 1 amide bonds. The summed E-state index contributed by atoms with van der Waals surface area (Å²) in [5.41, 5.74) is 6.79. The zero-order valence-corrected chi connectivity index (χ0v) is 15.8. The topological polar surface area (TPSA) is 55.6 Å². The molecule has 1 aromatic rings. The van der Waals surface area contributed by atoms with Gasteiger partial charge in [0.1, 0.15) is 5.75 Å². The highest BCUT2D eigenvalue weighted by Gasteiger charge is 2.21. The lowest BCUT2D eigenvalue weighted by molar-refractivity contribution is -0.133. The minimum Gasteiger partial charge on any atom is -0.483 e. The SMILES string of the molecule is CCC(C)c1ccccc1OCC(=O)N(C)CC(C)(C)CN.Cl.